The predicted molar refractivity (Wildman–Crippen MR) is 97.0 cm³/mol. The zero-order valence-electron chi connectivity index (χ0n) is 15.0. The molecule has 2 N–H and O–H groups in total. The molecule has 2 unspecified atom stereocenters. The maximum atomic E-state index is 12.2. The van der Waals surface area contributed by atoms with E-state index in [0.717, 1.165) is 19.3 Å². The first-order valence-corrected chi connectivity index (χ1v) is 10.4. The van der Waals surface area contributed by atoms with Gasteiger partial charge in [-0.15, -0.1) is 0 Å². The second kappa shape index (κ2) is 9.20. The van der Waals surface area contributed by atoms with E-state index in [0.29, 0.717) is 18.3 Å². The van der Waals surface area contributed by atoms with Crippen molar-refractivity contribution in [2.24, 2.45) is 5.92 Å². The van der Waals surface area contributed by atoms with E-state index in [1.165, 1.54) is 18.6 Å². The maximum Gasteiger partial charge on any atom is 0.240 e. The van der Waals surface area contributed by atoms with Crippen LogP contribution in [0.3, 0.4) is 0 Å². The van der Waals surface area contributed by atoms with Crippen LogP contribution >= 0.6 is 0 Å². The molecule has 1 aliphatic carbocycles. The molecule has 0 radical (unpaired) electrons. The third-order valence-corrected chi connectivity index (χ3v) is 5.87. The summed E-state index contributed by atoms with van der Waals surface area (Å²) in [7, 11) is -3.62. The molecule has 0 aliphatic heterocycles. The van der Waals surface area contributed by atoms with Gasteiger partial charge in [-0.2, -0.15) is 0 Å². The molecular formula is C18H28N2O4S. The van der Waals surface area contributed by atoms with Crippen molar-refractivity contribution in [3.8, 4) is 5.75 Å². The van der Waals surface area contributed by atoms with E-state index in [1.54, 1.807) is 12.1 Å². The first-order valence-electron chi connectivity index (χ1n) is 8.92. The van der Waals surface area contributed by atoms with Gasteiger partial charge in [0.25, 0.3) is 0 Å². The number of carbonyl (C=O) groups is 1. The van der Waals surface area contributed by atoms with Crippen LogP contribution in [0.25, 0.3) is 0 Å². The summed E-state index contributed by atoms with van der Waals surface area (Å²) in [4.78, 5) is 12.2. The molecule has 1 amide bonds. The first-order chi connectivity index (χ1) is 11.9. The Morgan fingerprint density at radius 2 is 1.96 bits per heavy atom. The molecule has 1 aliphatic rings. The summed E-state index contributed by atoms with van der Waals surface area (Å²) >= 11 is 0. The zero-order chi connectivity index (χ0) is 18.3. The summed E-state index contributed by atoms with van der Waals surface area (Å²) < 4.78 is 32.2. The van der Waals surface area contributed by atoms with Gasteiger partial charge in [0.05, 0.1) is 11.5 Å². The number of carbonyl (C=O) groups excluding carboxylic acids is 1. The molecule has 140 valence electrons. The fourth-order valence-corrected chi connectivity index (χ4v) is 4.16. The van der Waals surface area contributed by atoms with Gasteiger partial charge in [-0.25, -0.2) is 13.1 Å². The molecule has 2 atom stereocenters. The SMILES string of the molecule is CCOc1ccc(S(=O)(=O)NCCC(=O)NC2CCCC(C)C2)cc1. The third-order valence-electron chi connectivity index (χ3n) is 4.39. The van der Waals surface area contributed by atoms with Gasteiger partial charge in [0, 0.05) is 19.0 Å². The van der Waals surface area contributed by atoms with Crippen molar-refractivity contribution in [2.75, 3.05) is 13.2 Å². The van der Waals surface area contributed by atoms with Gasteiger partial charge < -0.3 is 10.1 Å². The van der Waals surface area contributed by atoms with Crippen molar-refractivity contribution < 1.29 is 17.9 Å². The van der Waals surface area contributed by atoms with Crippen LogP contribution in [0.5, 0.6) is 5.75 Å². The molecule has 1 saturated carbocycles. The fourth-order valence-electron chi connectivity index (χ4n) is 3.13. The van der Waals surface area contributed by atoms with Crippen LogP contribution in [0.4, 0.5) is 0 Å². The second-order valence-electron chi connectivity index (χ2n) is 6.59. The standard InChI is InChI=1S/C18H28N2O4S/c1-3-24-16-7-9-17(10-8-16)25(22,23)19-12-11-18(21)20-15-6-4-5-14(2)13-15/h7-10,14-15,19H,3-6,11-13H2,1-2H3,(H,20,21). The van der Waals surface area contributed by atoms with Crippen LogP contribution in [-0.4, -0.2) is 33.5 Å². The Labute approximate surface area is 150 Å². The second-order valence-corrected chi connectivity index (χ2v) is 8.36. The lowest BCUT2D eigenvalue weighted by atomic mass is 9.87. The third kappa shape index (κ3) is 6.32. The monoisotopic (exact) mass is 368 g/mol. The number of hydrogen-bond acceptors (Lipinski definition) is 4. The van der Waals surface area contributed by atoms with Crippen LogP contribution in [0, 0.1) is 5.92 Å². The fraction of sp³-hybridized carbons (Fsp3) is 0.611. The number of benzene rings is 1. The molecule has 0 heterocycles. The summed E-state index contributed by atoms with van der Waals surface area (Å²) in [5, 5.41) is 3.01. The van der Waals surface area contributed by atoms with Crippen LogP contribution in [0.2, 0.25) is 0 Å². The van der Waals surface area contributed by atoms with Crippen LogP contribution in [0.15, 0.2) is 29.2 Å². The largest absolute Gasteiger partial charge is 0.494 e. The van der Waals surface area contributed by atoms with E-state index in [1.807, 2.05) is 6.92 Å². The highest BCUT2D eigenvalue weighted by atomic mass is 32.2. The summed E-state index contributed by atoms with van der Waals surface area (Å²) in [5.74, 6) is 1.16. The Morgan fingerprint density at radius 1 is 1.24 bits per heavy atom. The molecule has 2 rings (SSSR count). The molecule has 7 heteroatoms. The maximum absolute atomic E-state index is 12.2. The summed E-state index contributed by atoms with van der Waals surface area (Å²) in [6, 6.07) is 6.46. The lowest BCUT2D eigenvalue weighted by molar-refractivity contribution is -0.121. The zero-order valence-corrected chi connectivity index (χ0v) is 15.8. The van der Waals surface area contributed by atoms with Gasteiger partial charge in [0.1, 0.15) is 5.75 Å². The molecule has 0 spiro atoms. The average molecular weight is 368 g/mol. The lowest BCUT2D eigenvalue weighted by Crippen LogP contribution is -2.39. The Bertz CT molecular complexity index is 658. The van der Waals surface area contributed by atoms with E-state index >= 15 is 0 Å². The molecule has 1 aromatic rings. The van der Waals surface area contributed by atoms with Crippen molar-refractivity contribution in [3.63, 3.8) is 0 Å². The van der Waals surface area contributed by atoms with E-state index in [4.69, 9.17) is 4.74 Å². The van der Waals surface area contributed by atoms with Crippen LogP contribution in [-0.2, 0) is 14.8 Å². The number of nitrogens with one attached hydrogen (secondary N) is 2. The summed E-state index contributed by atoms with van der Waals surface area (Å²) in [6.45, 7) is 4.68. The van der Waals surface area contributed by atoms with Gasteiger partial charge in [-0.1, -0.05) is 19.8 Å². The van der Waals surface area contributed by atoms with Gasteiger partial charge in [0.15, 0.2) is 0 Å². The number of sulfonamides is 1. The quantitative estimate of drug-likeness (QED) is 0.738. The Morgan fingerprint density at radius 3 is 2.60 bits per heavy atom. The van der Waals surface area contributed by atoms with E-state index in [2.05, 4.69) is 17.0 Å². The minimum atomic E-state index is -3.62. The van der Waals surface area contributed by atoms with E-state index in [9.17, 15) is 13.2 Å². The van der Waals surface area contributed by atoms with E-state index in [-0.39, 0.29) is 29.8 Å². The minimum absolute atomic E-state index is 0.0870. The highest BCUT2D eigenvalue weighted by Gasteiger charge is 2.20. The smallest absolute Gasteiger partial charge is 0.240 e. The number of rotatable bonds is 8. The van der Waals surface area contributed by atoms with Crippen molar-refractivity contribution >= 4 is 15.9 Å². The predicted octanol–water partition coefficient (Wildman–Crippen LogP) is 2.45. The Balaban J connectivity index is 1.78. The van der Waals surface area contributed by atoms with Gasteiger partial charge in [-0.05, 0) is 49.9 Å². The van der Waals surface area contributed by atoms with Crippen LogP contribution < -0.4 is 14.8 Å². The van der Waals surface area contributed by atoms with Gasteiger partial charge in [0.2, 0.25) is 15.9 Å². The molecule has 1 aromatic carbocycles. The number of amides is 1. The average Bonchev–Trinajstić information content (AvgIpc) is 2.55. The van der Waals surface area contributed by atoms with E-state index < -0.39 is 10.0 Å². The van der Waals surface area contributed by atoms with Crippen molar-refractivity contribution in [1.82, 2.24) is 10.0 Å². The molecule has 0 aromatic heterocycles. The molecule has 0 saturated heterocycles. The molecule has 1 fully saturated rings. The van der Waals surface area contributed by atoms with Crippen molar-refractivity contribution in [1.29, 1.82) is 0 Å². The molecule has 25 heavy (non-hydrogen) atoms. The summed E-state index contributed by atoms with van der Waals surface area (Å²) in [5.41, 5.74) is 0. The van der Waals surface area contributed by atoms with Gasteiger partial charge >= 0.3 is 0 Å². The number of hydrogen-bond donors (Lipinski definition) is 2. The highest BCUT2D eigenvalue weighted by Crippen LogP contribution is 2.23. The topological polar surface area (TPSA) is 84.5 Å². The normalized spacial score (nSPS) is 20.9. The number of ether oxygens (including phenoxy) is 1. The van der Waals surface area contributed by atoms with Gasteiger partial charge in [-0.3, -0.25) is 4.79 Å². The van der Waals surface area contributed by atoms with Crippen molar-refractivity contribution in [2.45, 2.75) is 56.9 Å². The van der Waals surface area contributed by atoms with Crippen molar-refractivity contribution in [3.05, 3.63) is 24.3 Å². The Kier molecular flexibility index (Phi) is 7.25. The highest BCUT2D eigenvalue weighted by molar-refractivity contribution is 7.89. The molecule has 6 nitrogen and oxygen atoms in total. The summed E-state index contributed by atoms with van der Waals surface area (Å²) in [6.07, 6.45) is 4.50. The first kappa shape index (κ1) is 19.7. The van der Waals surface area contributed by atoms with Crippen LogP contribution in [0.1, 0.15) is 46.0 Å². The molecule has 0 bridgehead atoms. The minimum Gasteiger partial charge on any atom is -0.494 e. The lowest BCUT2D eigenvalue weighted by Gasteiger charge is -2.27. The molecular weight excluding hydrogens is 340 g/mol. The Hall–Kier alpha value is -1.60.